The number of hydrogen-bond acceptors (Lipinski definition) is 3. The van der Waals surface area contributed by atoms with Gasteiger partial charge in [0, 0.05) is 5.56 Å². The number of rotatable bonds is 5. The van der Waals surface area contributed by atoms with E-state index in [0.29, 0.717) is 6.61 Å². The number of aryl methyl sites for hydroxylation is 2. The first-order valence-corrected chi connectivity index (χ1v) is 8.44. The molecule has 0 saturated carbocycles. The molecular formula is C21H22N2O2. The molecule has 0 amide bonds. The van der Waals surface area contributed by atoms with Crippen LogP contribution < -0.4 is 0 Å². The molecule has 0 bridgehead atoms. The summed E-state index contributed by atoms with van der Waals surface area (Å²) in [7, 11) is 0. The molecule has 4 heteroatoms. The predicted molar refractivity (Wildman–Crippen MR) is 99.2 cm³/mol. The van der Waals surface area contributed by atoms with Crippen LogP contribution in [-0.4, -0.2) is 22.4 Å². The van der Waals surface area contributed by atoms with Crippen molar-refractivity contribution >= 4 is 5.97 Å². The summed E-state index contributed by atoms with van der Waals surface area (Å²) in [6, 6.07) is 18.5. The molecule has 0 aliphatic heterocycles. The summed E-state index contributed by atoms with van der Waals surface area (Å²) in [4.78, 5) is 12.0. The van der Waals surface area contributed by atoms with Gasteiger partial charge in [-0.1, -0.05) is 59.7 Å². The van der Waals surface area contributed by atoms with Gasteiger partial charge in [-0.15, -0.1) is 0 Å². The number of aromatic nitrogens is 2. The highest BCUT2D eigenvalue weighted by Crippen LogP contribution is 2.27. The lowest BCUT2D eigenvalue weighted by Gasteiger charge is -2.07. The minimum atomic E-state index is -0.283. The minimum Gasteiger partial charge on any atom is -0.465 e. The molecule has 2 aromatic carbocycles. The first-order valence-electron chi connectivity index (χ1n) is 8.44. The van der Waals surface area contributed by atoms with Crippen molar-refractivity contribution in [1.29, 1.82) is 0 Å². The lowest BCUT2D eigenvalue weighted by molar-refractivity contribution is -0.144. The van der Waals surface area contributed by atoms with E-state index in [2.05, 4.69) is 43.2 Å². The highest BCUT2D eigenvalue weighted by molar-refractivity contribution is 5.73. The van der Waals surface area contributed by atoms with Crippen molar-refractivity contribution in [2.75, 3.05) is 6.61 Å². The summed E-state index contributed by atoms with van der Waals surface area (Å²) in [5.41, 5.74) is 6.21. The predicted octanol–water partition coefficient (Wildman–Crippen LogP) is 4.40. The number of esters is 1. The Morgan fingerprint density at radius 3 is 2.08 bits per heavy atom. The Morgan fingerprint density at radius 1 is 0.960 bits per heavy atom. The van der Waals surface area contributed by atoms with Crippen molar-refractivity contribution in [2.45, 2.75) is 27.3 Å². The van der Waals surface area contributed by atoms with Gasteiger partial charge in [0.2, 0.25) is 0 Å². The molecular weight excluding hydrogens is 312 g/mol. The van der Waals surface area contributed by atoms with Crippen molar-refractivity contribution in [3.8, 4) is 22.5 Å². The van der Waals surface area contributed by atoms with Crippen LogP contribution in [0.2, 0.25) is 0 Å². The second-order valence-electron chi connectivity index (χ2n) is 6.11. The number of hydrogen-bond donors (Lipinski definition) is 0. The molecule has 0 N–H and O–H groups in total. The topological polar surface area (TPSA) is 44.1 Å². The third kappa shape index (κ3) is 3.97. The van der Waals surface area contributed by atoms with E-state index in [9.17, 15) is 4.79 Å². The van der Waals surface area contributed by atoms with Crippen molar-refractivity contribution in [1.82, 2.24) is 9.78 Å². The highest BCUT2D eigenvalue weighted by Gasteiger charge is 2.14. The molecule has 25 heavy (non-hydrogen) atoms. The fraction of sp³-hybridized carbons (Fsp3) is 0.238. The Balaban J connectivity index is 2.02. The molecule has 0 radical (unpaired) electrons. The van der Waals surface area contributed by atoms with Crippen LogP contribution in [0, 0.1) is 13.8 Å². The van der Waals surface area contributed by atoms with Crippen LogP contribution >= 0.6 is 0 Å². The van der Waals surface area contributed by atoms with Crippen molar-refractivity contribution in [3.05, 3.63) is 65.7 Å². The van der Waals surface area contributed by atoms with E-state index in [1.54, 1.807) is 11.6 Å². The lowest BCUT2D eigenvalue weighted by Crippen LogP contribution is -2.15. The molecule has 0 unspecified atom stereocenters. The third-order valence-corrected chi connectivity index (χ3v) is 4.06. The molecule has 0 aliphatic rings. The van der Waals surface area contributed by atoms with Gasteiger partial charge in [0.25, 0.3) is 0 Å². The van der Waals surface area contributed by atoms with Gasteiger partial charge in [-0.05, 0) is 32.4 Å². The van der Waals surface area contributed by atoms with E-state index >= 15 is 0 Å². The average molecular weight is 334 g/mol. The van der Waals surface area contributed by atoms with E-state index in [1.165, 1.54) is 11.1 Å². The van der Waals surface area contributed by atoms with Crippen LogP contribution in [0.5, 0.6) is 0 Å². The Morgan fingerprint density at radius 2 is 1.52 bits per heavy atom. The molecule has 0 saturated heterocycles. The van der Waals surface area contributed by atoms with Crippen LogP contribution in [0.1, 0.15) is 18.1 Å². The van der Waals surface area contributed by atoms with E-state index < -0.39 is 0 Å². The summed E-state index contributed by atoms with van der Waals surface area (Å²) in [5.74, 6) is -0.283. The van der Waals surface area contributed by atoms with Crippen LogP contribution in [0.15, 0.2) is 54.6 Å². The zero-order valence-electron chi connectivity index (χ0n) is 14.8. The summed E-state index contributed by atoms with van der Waals surface area (Å²) < 4.78 is 6.81. The van der Waals surface area contributed by atoms with Crippen molar-refractivity contribution < 1.29 is 9.53 Å². The van der Waals surface area contributed by atoms with Gasteiger partial charge in [-0.2, -0.15) is 5.10 Å². The normalized spacial score (nSPS) is 10.7. The Labute approximate surface area is 148 Å². The van der Waals surface area contributed by atoms with Gasteiger partial charge in [0.15, 0.2) is 0 Å². The SMILES string of the molecule is CCOC(=O)Cn1nc(-c2ccc(C)cc2)cc1-c1ccc(C)cc1. The van der Waals surface area contributed by atoms with Crippen LogP contribution in [0.3, 0.4) is 0 Å². The lowest BCUT2D eigenvalue weighted by atomic mass is 10.1. The number of carbonyl (C=O) groups is 1. The molecule has 0 spiro atoms. The van der Waals surface area contributed by atoms with E-state index in [0.717, 1.165) is 22.5 Å². The van der Waals surface area contributed by atoms with Gasteiger partial charge in [-0.25, -0.2) is 0 Å². The molecule has 1 aromatic heterocycles. The van der Waals surface area contributed by atoms with E-state index in [-0.39, 0.29) is 12.5 Å². The summed E-state index contributed by atoms with van der Waals surface area (Å²) in [5, 5.41) is 4.65. The number of benzene rings is 2. The summed E-state index contributed by atoms with van der Waals surface area (Å²) in [6.45, 7) is 6.38. The monoisotopic (exact) mass is 334 g/mol. The maximum atomic E-state index is 12.0. The molecule has 1 heterocycles. The maximum absolute atomic E-state index is 12.0. The molecule has 0 aliphatic carbocycles. The third-order valence-electron chi connectivity index (χ3n) is 4.06. The van der Waals surface area contributed by atoms with Crippen LogP contribution in [0.4, 0.5) is 0 Å². The van der Waals surface area contributed by atoms with Crippen LogP contribution in [-0.2, 0) is 16.1 Å². The molecule has 4 nitrogen and oxygen atoms in total. The second-order valence-corrected chi connectivity index (χ2v) is 6.11. The number of nitrogens with zero attached hydrogens (tertiary/aromatic N) is 2. The maximum Gasteiger partial charge on any atom is 0.327 e. The molecule has 128 valence electrons. The van der Waals surface area contributed by atoms with Gasteiger partial charge < -0.3 is 4.74 Å². The molecule has 3 aromatic rings. The first kappa shape index (κ1) is 17.0. The van der Waals surface area contributed by atoms with E-state index in [4.69, 9.17) is 4.74 Å². The average Bonchev–Trinajstić information content (AvgIpc) is 3.00. The van der Waals surface area contributed by atoms with E-state index in [1.807, 2.05) is 30.3 Å². The smallest absolute Gasteiger partial charge is 0.327 e. The Bertz CT molecular complexity index is 862. The Kier molecular flexibility index (Phi) is 4.98. The largest absolute Gasteiger partial charge is 0.465 e. The zero-order valence-corrected chi connectivity index (χ0v) is 14.8. The minimum absolute atomic E-state index is 0.100. The summed E-state index contributed by atoms with van der Waals surface area (Å²) in [6.07, 6.45) is 0. The van der Waals surface area contributed by atoms with Crippen molar-refractivity contribution in [2.24, 2.45) is 0 Å². The number of carbonyl (C=O) groups excluding carboxylic acids is 1. The van der Waals surface area contributed by atoms with Gasteiger partial charge in [0.1, 0.15) is 6.54 Å². The zero-order chi connectivity index (χ0) is 17.8. The second kappa shape index (κ2) is 7.34. The fourth-order valence-corrected chi connectivity index (χ4v) is 2.69. The summed E-state index contributed by atoms with van der Waals surface area (Å²) >= 11 is 0. The quantitative estimate of drug-likeness (QED) is 0.650. The highest BCUT2D eigenvalue weighted by atomic mass is 16.5. The fourth-order valence-electron chi connectivity index (χ4n) is 2.69. The van der Waals surface area contributed by atoms with Gasteiger partial charge in [0.05, 0.1) is 18.0 Å². The standard InChI is InChI=1S/C21H22N2O2/c1-4-25-21(24)14-23-20(18-11-7-16(3)8-12-18)13-19(22-23)17-9-5-15(2)6-10-17/h5-13H,4,14H2,1-3H3. The van der Waals surface area contributed by atoms with Crippen molar-refractivity contribution in [3.63, 3.8) is 0 Å². The van der Waals surface area contributed by atoms with Crippen LogP contribution in [0.25, 0.3) is 22.5 Å². The molecule has 0 fully saturated rings. The molecule has 0 atom stereocenters. The Hall–Kier alpha value is -2.88. The number of ether oxygens (including phenoxy) is 1. The first-order chi connectivity index (χ1) is 12.1. The van der Waals surface area contributed by atoms with Gasteiger partial charge >= 0.3 is 5.97 Å². The molecule has 3 rings (SSSR count). The van der Waals surface area contributed by atoms with Gasteiger partial charge in [-0.3, -0.25) is 9.48 Å².